The highest BCUT2D eigenvalue weighted by molar-refractivity contribution is 7.19. The minimum absolute atomic E-state index is 0.0163. The van der Waals surface area contributed by atoms with E-state index in [-0.39, 0.29) is 6.42 Å². The van der Waals surface area contributed by atoms with Crippen LogP contribution < -0.4 is 5.73 Å². The Bertz CT molecular complexity index is 648. The second-order valence-electron chi connectivity index (χ2n) is 5.02. The van der Waals surface area contributed by atoms with Gasteiger partial charge in [0.05, 0.1) is 12.1 Å². The lowest BCUT2D eigenvalue weighted by Gasteiger charge is -2.04. The van der Waals surface area contributed by atoms with Gasteiger partial charge in [-0.15, -0.1) is 11.3 Å². The van der Waals surface area contributed by atoms with Crippen molar-refractivity contribution in [3.05, 3.63) is 22.2 Å². The average Bonchev–Trinajstić information content (AvgIpc) is 2.55. The highest BCUT2D eigenvalue weighted by Gasteiger charge is 2.17. The van der Waals surface area contributed by atoms with Gasteiger partial charge in [0.2, 0.25) is 0 Å². The molecule has 1 aliphatic carbocycles. The molecule has 100 valence electrons. The molecule has 0 aliphatic heterocycles. The SMILES string of the molecule is Nc1c(CC(=O)O)sc2nc3c(cc12)CCCCC3. The maximum atomic E-state index is 10.8. The number of fused-ring (bicyclic) bond motifs is 2. The number of rotatable bonds is 2. The molecule has 5 heteroatoms. The number of nitrogen functional groups attached to an aromatic ring is 1. The molecule has 0 atom stereocenters. The number of hydrogen-bond donors (Lipinski definition) is 2. The van der Waals surface area contributed by atoms with Crippen molar-refractivity contribution in [3.8, 4) is 0 Å². The Morgan fingerprint density at radius 1 is 1.37 bits per heavy atom. The summed E-state index contributed by atoms with van der Waals surface area (Å²) in [5, 5.41) is 9.83. The number of thiophene rings is 1. The summed E-state index contributed by atoms with van der Waals surface area (Å²) in [6, 6.07) is 2.13. The van der Waals surface area contributed by atoms with Crippen LogP contribution in [0.1, 0.15) is 35.4 Å². The van der Waals surface area contributed by atoms with E-state index in [9.17, 15) is 4.79 Å². The van der Waals surface area contributed by atoms with Gasteiger partial charge in [-0.25, -0.2) is 4.98 Å². The number of nitrogens with two attached hydrogens (primary N) is 1. The molecule has 2 heterocycles. The number of aromatic nitrogens is 1. The third-order valence-electron chi connectivity index (χ3n) is 3.64. The fourth-order valence-corrected chi connectivity index (χ4v) is 3.74. The highest BCUT2D eigenvalue weighted by atomic mass is 32.1. The molecule has 0 aromatic carbocycles. The molecule has 2 aromatic rings. The van der Waals surface area contributed by atoms with Gasteiger partial charge in [-0.3, -0.25) is 4.79 Å². The first kappa shape index (κ1) is 12.4. The highest BCUT2D eigenvalue weighted by Crippen LogP contribution is 2.35. The zero-order valence-electron chi connectivity index (χ0n) is 10.6. The van der Waals surface area contributed by atoms with E-state index in [1.165, 1.54) is 41.9 Å². The van der Waals surface area contributed by atoms with Crippen LogP contribution >= 0.6 is 11.3 Å². The van der Waals surface area contributed by atoms with Crippen LogP contribution in [-0.2, 0) is 24.1 Å². The lowest BCUT2D eigenvalue weighted by molar-refractivity contribution is -0.136. The summed E-state index contributed by atoms with van der Waals surface area (Å²) in [6.07, 6.45) is 5.71. The maximum absolute atomic E-state index is 10.8. The van der Waals surface area contributed by atoms with Crippen molar-refractivity contribution >= 4 is 33.2 Å². The van der Waals surface area contributed by atoms with Crippen LogP contribution in [0.25, 0.3) is 10.2 Å². The molecule has 2 aromatic heterocycles. The zero-order valence-corrected chi connectivity index (χ0v) is 11.4. The molecule has 0 unspecified atom stereocenters. The van der Waals surface area contributed by atoms with Crippen LogP contribution in [0.5, 0.6) is 0 Å². The summed E-state index contributed by atoms with van der Waals surface area (Å²) >= 11 is 1.41. The maximum Gasteiger partial charge on any atom is 0.308 e. The Balaban J connectivity index is 2.11. The van der Waals surface area contributed by atoms with E-state index in [4.69, 9.17) is 15.8 Å². The Hall–Kier alpha value is -1.62. The van der Waals surface area contributed by atoms with Gasteiger partial charge in [-0.1, -0.05) is 6.42 Å². The first-order chi connectivity index (χ1) is 9.15. The Labute approximate surface area is 115 Å². The summed E-state index contributed by atoms with van der Waals surface area (Å²) < 4.78 is 0. The number of aryl methyl sites for hydroxylation is 2. The average molecular weight is 276 g/mol. The molecule has 0 radical (unpaired) electrons. The third-order valence-corrected chi connectivity index (χ3v) is 4.75. The lowest BCUT2D eigenvalue weighted by atomic mass is 10.1. The number of pyridine rings is 1. The van der Waals surface area contributed by atoms with Gasteiger partial charge >= 0.3 is 5.97 Å². The molecular weight excluding hydrogens is 260 g/mol. The van der Waals surface area contributed by atoms with Gasteiger partial charge in [-0.2, -0.15) is 0 Å². The van der Waals surface area contributed by atoms with Gasteiger partial charge in [-0.05, 0) is 37.3 Å². The summed E-state index contributed by atoms with van der Waals surface area (Å²) in [7, 11) is 0. The molecule has 3 rings (SSSR count). The number of carbonyl (C=O) groups is 1. The fourth-order valence-electron chi connectivity index (χ4n) is 2.65. The van der Waals surface area contributed by atoms with Crippen LogP contribution in [0.2, 0.25) is 0 Å². The predicted molar refractivity (Wildman–Crippen MR) is 76.6 cm³/mol. The molecule has 0 fully saturated rings. The Morgan fingerprint density at radius 2 is 2.16 bits per heavy atom. The minimum Gasteiger partial charge on any atom is -0.481 e. The van der Waals surface area contributed by atoms with E-state index in [0.29, 0.717) is 5.69 Å². The minimum atomic E-state index is -0.847. The van der Waals surface area contributed by atoms with Crippen molar-refractivity contribution in [2.45, 2.75) is 38.5 Å². The van der Waals surface area contributed by atoms with Gasteiger partial charge in [0.25, 0.3) is 0 Å². The largest absolute Gasteiger partial charge is 0.481 e. The smallest absolute Gasteiger partial charge is 0.308 e. The molecule has 0 bridgehead atoms. The Morgan fingerprint density at radius 3 is 2.95 bits per heavy atom. The van der Waals surface area contributed by atoms with Crippen LogP contribution in [-0.4, -0.2) is 16.1 Å². The van der Waals surface area contributed by atoms with Crippen molar-refractivity contribution in [1.29, 1.82) is 0 Å². The monoisotopic (exact) mass is 276 g/mol. The van der Waals surface area contributed by atoms with Gasteiger partial charge in [0, 0.05) is 16.0 Å². The van der Waals surface area contributed by atoms with Crippen molar-refractivity contribution in [2.75, 3.05) is 5.73 Å². The molecule has 19 heavy (non-hydrogen) atoms. The number of carboxylic acids is 1. The summed E-state index contributed by atoms with van der Waals surface area (Å²) in [4.78, 5) is 17.1. The van der Waals surface area contributed by atoms with Gasteiger partial charge < -0.3 is 10.8 Å². The molecule has 0 saturated heterocycles. The standard InChI is InChI=1S/C14H16N2O2S/c15-13-9-6-8-4-2-1-3-5-10(8)16-14(9)19-11(13)7-12(17)18/h6H,1-5,7,15H2,(H,17,18). The third kappa shape index (κ3) is 2.30. The van der Waals surface area contributed by atoms with Crippen LogP contribution in [0, 0.1) is 0 Å². The van der Waals surface area contributed by atoms with E-state index >= 15 is 0 Å². The normalized spacial score (nSPS) is 15.2. The number of hydrogen-bond acceptors (Lipinski definition) is 4. The topological polar surface area (TPSA) is 76.2 Å². The number of anilines is 1. The van der Waals surface area contributed by atoms with Crippen molar-refractivity contribution in [3.63, 3.8) is 0 Å². The summed E-state index contributed by atoms with van der Waals surface area (Å²) in [6.45, 7) is 0. The van der Waals surface area contributed by atoms with Gasteiger partial charge in [0.15, 0.2) is 0 Å². The van der Waals surface area contributed by atoms with Crippen LogP contribution in [0.3, 0.4) is 0 Å². The molecule has 0 saturated carbocycles. The van der Waals surface area contributed by atoms with Crippen molar-refractivity contribution in [2.24, 2.45) is 0 Å². The predicted octanol–water partition coefficient (Wildman–Crippen LogP) is 2.77. The Kier molecular flexibility index (Phi) is 3.14. The van der Waals surface area contributed by atoms with Crippen molar-refractivity contribution in [1.82, 2.24) is 4.98 Å². The molecular formula is C14H16N2O2S. The second kappa shape index (κ2) is 4.81. The van der Waals surface area contributed by atoms with Crippen LogP contribution in [0.4, 0.5) is 5.69 Å². The van der Waals surface area contributed by atoms with E-state index in [1.807, 2.05) is 0 Å². The van der Waals surface area contributed by atoms with E-state index < -0.39 is 5.97 Å². The second-order valence-corrected chi connectivity index (χ2v) is 6.10. The summed E-state index contributed by atoms with van der Waals surface area (Å²) in [5.74, 6) is -0.847. The first-order valence-corrected chi connectivity index (χ1v) is 7.38. The number of carboxylic acid groups (broad SMARTS) is 1. The van der Waals surface area contributed by atoms with E-state index in [0.717, 1.165) is 27.9 Å². The van der Waals surface area contributed by atoms with Crippen molar-refractivity contribution < 1.29 is 9.90 Å². The van der Waals surface area contributed by atoms with Crippen LogP contribution in [0.15, 0.2) is 6.07 Å². The lowest BCUT2D eigenvalue weighted by Crippen LogP contribution is -2.00. The van der Waals surface area contributed by atoms with E-state index in [2.05, 4.69) is 6.07 Å². The fraction of sp³-hybridized carbons (Fsp3) is 0.429. The molecule has 0 amide bonds. The van der Waals surface area contributed by atoms with E-state index in [1.54, 1.807) is 0 Å². The van der Waals surface area contributed by atoms with Gasteiger partial charge in [0.1, 0.15) is 4.83 Å². The summed E-state index contributed by atoms with van der Waals surface area (Å²) in [5.41, 5.74) is 9.13. The molecule has 4 nitrogen and oxygen atoms in total. The number of aliphatic carboxylic acids is 1. The molecule has 1 aliphatic rings. The first-order valence-electron chi connectivity index (χ1n) is 6.56. The zero-order chi connectivity index (χ0) is 13.4. The quantitative estimate of drug-likeness (QED) is 0.827. The molecule has 0 spiro atoms. The number of nitrogens with zero attached hydrogens (tertiary/aromatic N) is 1. The molecule has 3 N–H and O–H groups in total.